The molecule has 142 valence electrons. The van der Waals surface area contributed by atoms with Crippen LogP contribution in [0.2, 0.25) is 0 Å². The van der Waals surface area contributed by atoms with E-state index in [0.29, 0.717) is 12.0 Å². The molecule has 29 heavy (non-hydrogen) atoms. The number of benzene rings is 1. The van der Waals surface area contributed by atoms with Gasteiger partial charge in [-0.1, -0.05) is 6.07 Å². The first-order valence-electron chi connectivity index (χ1n) is 9.78. The summed E-state index contributed by atoms with van der Waals surface area (Å²) in [6.45, 7) is 0.934. The molecule has 2 atom stereocenters. The molecule has 2 unspecified atom stereocenters. The van der Waals surface area contributed by atoms with Crippen LogP contribution < -0.4 is 9.75 Å². The molecule has 0 saturated heterocycles. The number of pyridine rings is 2. The molecule has 0 radical (unpaired) electrons. The highest BCUT2D eigenvalue weighted by molar-refractivity contribution is 7.08. The third-order valence-electron chi connectivity index (χ3n) is 5.87. The quantitative estimate of drug-likeness (QED) is 0.523. The first-order chi connectivity index (χ1) is 14.3. The average Bonchev–Trinajstić information content (AvgIpc) is 3.45. The maximum absolute atomic E-state index is 13.4. The van der Waals surface area contributed by atoms with Crippen LogP contribution in [-0.4, -0.2) is 27.5 Å². The number of thiophene rings is 1. The van der Waals surface area contributed by atoms with Crippen LogP contribution in [0.4, 0.5) is 4.39 Å². The summed E-state index contributed by atoms with van der Waals surface area (Å²) in [6.07, 6.45) is 9.45. The van der Waals surface area contributed by atoms with Crippen molar-refractivity contribution in [3.63, 3.8) is 0 Å². The van der Waals surface area contributed by atoms with Crippen molar-refractivity contribution in [1.82, 2.24) is 14.9 Å². The van der Waals surface area contributed by atoms with Crippen molar-refractivity contribution in [1.29, 1.82) is 0 Å². The molecule has 1 aliphatic carbocycles. The third kappa shape index (κ3) is 2.93. The lowest BCUT2D eigenvalue weighted by molar-refractivity contribution is 0.441. The van der Waals surface area contributed by atoms with E-state index < -0.39 is 0 Å². The smallest absolute Gasteiger partial charge is 0.123 e. The molecule has 4 heterocycles. The van der Waals surface area contributed by atoms with Gasteiger partial charge >= 0.3 is 0 Å². The number of hydrogen-bond donors (Lipinski definition) is 0. The third-order valence-corrected chi connectivity index (χ3v) is 6.86. The van der Waals surface area contributed by atoms with Crippen molar-refractivity contribution < 1.29 is 4.39 Å². The SMILES string of the molecule is Fc1ccc2nc(C3CC3N3C=c4c(-c5ccncc5)csc4=CC3)ccc2c1. The van der Waals surface area contributed by atoms with Crippen molar-refractivity contribution in [3.8, 4) is 11.1 Å². The molecule has 5 heteroatoms. The van der Waals surface area contributed by atoms with Crippen LogP contribution in [0.3, 0.4) is 0 Å². The van der Waals surface area contributed by atoms with Crippen LogP contribution in [0.25, 0.3) is 34.3 Å². The molecule has 0 bridgehead atoms. The lowest BCUT2D eigenvalue weighted by Gasteiger charge is -2.21. The van der Waals surface area contributed by atoms with Crippen LogP contribution in [-0.2, 0) is 0 Å². The number of hydrogen-bond acceptors (Lipinski definition) is 4. The fraction of sp³-hybridized carbons (Fsp3) is 0.167. The maximum atomic E-state index is 13.4. The predicted molar refractivity (Wildman–Crippen MR) is 115 cm³/mol. The van der Waals surface area contributed by atoms with Gasteiger partial charge in [0.1, 0.15) is 5.82 Å². The van der Waals surface area contributed by atoms with Crippen molar-refractivity contribution in [2.24, 2.45) is 0 Å². The molecule has 6 rings (SSSR count). The van der Waals surface area contributed by atoms with Crippen molar-refractivity contribution >= 4 is 34.5 Å². The Labute approximate surface area is 171 Å². The Bertz CT molecular complexity index is 1350. The first-order valence-corrected chi connectivity index (χ1v) is 10.7. The van der Waals surface area contributed by atoms with Crippen molar-refractivity contribution in [2.45, 2.75) is 18.4 Å². The molecular formula is C24H18FN3S. The van der Waals surface area contributed by atoms with E-state index in [1.165, 1.54) is 26.9 Å². The van der Waals surface area contributed by atoms with Gasteiger partial charge in [-0.25, -0.2) is 4.39 Å². The molecule has 3 aromatic heterocycles. The van der Waals surface area contributed by atoms with Gasteiger partial charge in [0.25, 0.3) is 0 Å². The zero-order chi connectivity index (χ0) is 19.4. The highest BCUT2D eigenvalue weighted by Crippen LogP contribution is 2.44. The molecule has 1 saturated carbocycles. The summed E-state index contributed by atoms with van der Waals surface area (Å²) in [5.41, 5.74) is 4.45. The minimum Gasteiger partial charge on any atom is -0.369 e. The minimum atomic E-state index is -0.216. The van der Waals surface area contributed by atoms with Gasteiger partial charge in [0.05, 0.1) is 5.52 Å². The molecular weight excluding hydrogens is 381 g/mol. The topological polar surface area (TPSA) is 29.0 Å². The number of fused-ring (bicyclic) bond motifs is 2. The van der Waals surface area contributed by atoms with Gasteiger partial charge in [0.2, 0.25) is 0 Å². The zero-order valence-corrected chi connectivity index (χ0v) is 16.4. The second-order valence-electron chi connectivity index (χ2n) is 7.68. The van der Waals surface area contributed by atoms with Gasteiger partial charge in [0, 0.05) is 63.5 Å². The Balaban J connectivity index is 1.31. The van der Waals surface area contributed by atoms with Crippen LogP contribution in [0.1, 0.15) is 18.0 Å². The Morgan fingerprint density at radius 2 is 1.97 bits per heavy atom. The summed E-state index contributed by atoms with van der Waals surface area (Å²) in [7, 11) is 0. The van der Waals surface area contributed by atoms with E-state index in [1.807, 2.05) is 18.5 Å². The molecule has 2 aliphatic rings. The first kappa shape index (κ1) is 16.9. The van der Waals surface area contributed by atoms with E-state index in [1.54, 1.807) is 23.5 Å². The predicted octanol–water partition coefficient (Wildman–Crippen LogP) is 3.89. The molecule has 1 aliphatic heterocycles. The molecule has 0 N–H and O–H groups in total. The van der Waals surface area contributed by atoms with Crippen LogP contribution >= 0.6 is 11.3 Å². The molecule has 4 aromatic rings. The van der Waals surface area contributed by atoms with E-state index in [-0.39, 0.29) is 5.82 Å². The van der Waals surface area contributed by atoms with E-state index in [2.05, 4.69) is 45.7 Å². The number of aromatic nitrogens is 2. The largest absolute Gasteiger partial charge is 0.369 e. The monoisotopic (exact) mass is 399 g/mol. The summed E-state index contributed by atoms with van der Waals surface area (Å²) in [6, 6.07) is 13.4. The summed E-state index contributed by atoms with van der Waals surface area (Å²) < 4.78 is 14.8. The second-order valence-corrected chi connectivity index (χ2v) is 8.59. The van der Waals surface area contributed by atoms with E-state index >= 15 is 0 Å². The van der Waals surface area contributed by atoms with Crippen molar-refractivity contribution in [2.75, 3.05) is 6.54 Å². The number of halogens is 1. The number of rotatable bonds is 3. The fourth-order valence-corrected chi connectivity index (χ4v) is 5.22. The van der Waals surface area contributed by atoms with E-state index in [0.717, 1.165) is 29.6 Å². The Morgan fingerprint density at radius 1 is 1.07 bits per heavy atom. The van der Waals surface area contributed by atoms with Crippen molar-refractivity contribution in [3.05, 3.63) is 81.5 Å². The van der Waals surface area contributed by atoms with Crippen LogP contribution in [0.5, 0.6) is 0 Å². The minimum absolute atomic E-state index is 0.216. The Kier molecular flexibility index (Phi) is 3.78. The standard InChI is InChI=1S/C24H18FN3S/c25-17-2-4-21-16(11-17)1-3-22(27-21)18-12-23(18)28-10-7-24-19(13-28)20(14-29-24)15-5-8-26-9-6-15/h1-9,11,13-14,18,23H,10,12H2. The normalized spacial score (nSPS) is 20.1. The van der Waals surface area contributed by atoms with Gasteiger partial charge in [-0.3, -0.25) is 9.97 Å². The van der Waals surface area contributed by atoms with Crippen LogP contribution in [0.15, 0.2) is 60.2 Å². The highest BCUT2D eigenvalue weighted by Gasteiger charge is 2.43. The number of nitrogens with zero attached hydrogens (tertiary/aromatic N) is 3. The van der Waals surface area contributed by atoms with E-state index in [9.17, 15) is 4.39 Å². The summed E-state index contributed by atoms with van der Waals surface area (Å²) >= 11 is 1.80. The lowest BCUT2D eigenvalue weighted by atomic mass is 10.1. The maximum Gasteiger partial charge on any atom is 0.123 e. The average molecular weight is 399 g/mol. The fourth-order valence-electron chi connectivity index (χ4n) is 4.25. The Hall–Kier alpha value is -3.05. The zero-order valence-electron chi connectivity index (χ0n) is 15.6. The van der Waals surface area contributed by atoms with Gasteiger partial charge in [-0.2, -0.15) is 0 Å². The summed E-state index contributed by atoms with van der Waals surface area (Å²) in [4.78, 5) is 11.4. The molecule has 1 aromatic carbocycles. The summed E-state index contributed by atoms with van der Waals surface area (Å²) in [5, 5.41) is 4.40. The summed E-state index contributed by atoms with van der Waals surface area (Å²) in [5.74, 6) is 0.213. The highest BCUT2D eigenvalue weighted by atomic mass is 32.1. The van der Waals surface area contributed by atoms with Gasteiger partial charge in [-0.15, -0.1) is 11.3 Å². The molecule has 0 amide bonds. The molecule has 0 spiro atoms. The lowest BCUT2D eigenvalue weighted by Crippen LogP contribution is -2.34. The van der Waals surface area contributed by atoms with Gasteiger partial charge in [-0.05, 0) is 59.8 Å². The van der Waals surface area contributed by atoms with E-state index in [4.69, 9.17) is 4.98 Å². The molecule has 3 nitrogen and oxygen atoms in total. The molecule has 1 fully saturated rings. The van der Waals surface area contributed by atoms with Gasteiger partial charge < -0.3 is 4.90 Å². The second kappa shape index (κ2) is 6.49. The van der Waals surface area contributed by atoms with Crippen LogP contribution in [0, 0.1) is 5.82 Å². The van der Waals surface area contributed by atoms with Gasteiger partial charge in [0.15, 0.2) is 0 Å². The Morgan fingerprint density at radius 3 is 2.86 bits per heavy atom.